The number of unbranched alkanes of at least 4 members (excludes halogenated alkanes) is 21. The molecular weight excluding hydrogens is 666 g/mol. The van der Waals surface area contributed by atoms with Crippen molar-refractivity contribution in [1.82, 2.24) is 0 Å². The smallest absolute Gasteiger partial charge is 0.306 e. The minimum Gasteiger partial charge on any atom is -0.544 e. The number of hydrogen-bond acceptors (Lipinski definition) is 7. The summed E-state index contributed by atoms with van der Waals surface area (Å²) < 4.78 is 17.1. The second-order valence-electron chi connectivity index (χ2n) is 15.9. The van der Waals surface area contributed by atoms with Crippen molar-refractivity contribution >= 4 is 17.9 Å². The molecule has 0 spiro atoms. The van der Waals surface area contributed by atoms with E-state index >= 15 is 0 Å². The van der Waals surface area contributed by atoms with Crippen LogP contribution in [0.3, 0.4) is 0 Å². The average Bonchev–Trinajstić information content (AvgIpc) is 3.11. The molecule has 0 bridgehead atoms. The van der Waals surface area contributed by atoms with Gasteiger partial charge in [0.25, 0.3) is 0 Å². The molecule has 0 aliphatic heterocycles. The van der Waals surface area contributed by atoms with Crippen molar-refractivity contribution in [3.8, 4) is 0 Å². The first kappa shape index (κ1) is 50.8. The Morgan fingerprint density at radius 1 is 0.566 bits per heavy atom. The van der Waals surface area contributed by atoms with Crippen molar-refractivity contribution in [2.24, 2.45) is 0 Å². The molecule has 310 valence electrons. The van der Waals surface area contributed by atoms with Crippen molar-refractivity contribution in [1.29, 1.82) is 0 Å². The van der Waals surface area contributed by atoms with Gasteiger partial charge in [0.05, 0.1) is 40.3 Å². The Morgan fingerprint density at radius 2 is 1.00 bits per heavy atom. The van der Waals surface area contributed by atoms with Crippen LogP contribution in [-0.2, 0) is 28.6 Å². The van der Waals surface area contributed by atoms with Crippen LogP contribution in [0.1, 0.15) is 194 Å². The Hall–Kier alpha value is -2.19. The highest BCUT2D eigenvalue weighted by atomic mass is 16.6. The summed E-state index contributed by atoms with van der Waals surface area (Å²) in [5.41, 5.74) is 0. The Bertz CT molecular complexity index is 926. The van der Waals surface area contributed by atoms with Crippen LogP contribution in [-0.4, -0.2) is 75.5 Å². The summed E-state index contributed by atoms with van der Waals surface area (Å²) in [6.45, 7) is 4.63. The Labute approximate surface area is 326 Å². The molecule has 0 rings (SSSR count). The quantitative estimate of drug-likeness (QED) is 0.0267. The standard InChI is InChI=1S/C45H83NO7/c1-6-8-10-12-14-16-18-20-21-22-23-24-26-28-30-32-34-36-44(48)53-41(39-51-38-37-42(45(49)50)46(3,4)5)40-52-43(47)35-33-31-29-27-25-19-17-15-13-11-9-7-2/h14,16,20-21,41-42H,6-13,15,17-19,22-40H2,1-5H3/b16-14+,21-20+. The van der Waals surface area contributed by atoms with E-state index in [4.69, 9.17) is 14.2 Å². The number of carbonyl (C=O) groups excluding carboxylic acids is 3. The number of ether oxygens (including phenoxy) is 3. The first-order valence-electron chi connectivity index (χ1n) is 21.9. The molecule has 0 fully saturated rings. The zero-order chi connectivity index (χ0) is 39.3. The van der Waals surface area contributed by atoms with Crippen molar-refractivity contribution in [2.45, 2.75) is 206 Å². The topological polar surface area (TPSA) is 102 Å². The van der Waals surface area contributed by atoms with Gasteiger partial charge in [-0.2, -0.15) is 0 Å². The third-order valence-electron chi connectivity index (χ3n) is 9.84. The minimum atomic E-state index is -1.13. The van der Waals surface area contributed by atoms with Gasteiger partial charge in [0, 0.05) is 19.3 Å². The van der Waals surface area contributed by atoms with Crippen molar-refractivity contribution in [3.63, 3.8) is 0 Å². The van der Waals surface area contributed by atoms with E-state index in [1.807, 2.05) is 0 Å². The van der Waals surface area contributed by atoms with Crippen LogP contribution in [0, 0.1) is 0 Å². The summed E-state index contributed by atoms with van der Waals surface area (Å²) in [7, 11) is 5.41. The van der Waals surface area contributed by atoms with Crippen molar-refractivity contribution in [3.05, 3.63) is 24.3 Å². The Morgan fingerprint density at radius 3 is 1.49 bits per heavy atom. The van der Waals surface area contributed by atoms with Gasteiger partial charge < -0.3 is 28.6 Å². The highest BCUT2D eigenvalue weighted by Gasteiger charge is 2.25. The zero-order valence-corrected chi connectivity index (χ0v) is 35.2. The summed E-state index contributed by atoms with van der Waals surface area (Å²) in [6, 6.07) is -0.724. The second-order valence-corrected chi connectivity index (χ2v) is 15.9. The van der Waals surface area contributed by atoms with E-state index in [9.17, 15) is 19.5 Å². The molecule has 0 aliphatic rings. The monoisotopic (exact) mass is 750 g/mol. The Kier molecular flexibility index (Phi) is 35.2. The lowest BCUT2D eigenvalue weighted by molar-refractivity contribution is -0.889. The first-order valence-corrected chi connectivity index (χ1v) is 21.9. The molecule has 8 heteroatoms. The van der Waals surface area contributed by atoms with Crippen molar-refractivity contribution in [2.75, 3.05) is 41.0 Å². The van der Waals surface area contributed by atoms with Gasteiger partial charge in [0.15, 0.2) is 6.10 Å². The predicted octanol–water partition coefficient (Wildman–Crippen LogP) is 10.4. The Balaban J connectivity index is 4.34. The number of carboxylic acid groups (broad SMARTS) is 1. The molecule has 0 aromatic heterocycles. The fraction of sp³-hybridized carbons (Fsp3) is 0.844. The average molecular weight is 750 g/mol. The molecule has 2 atom stereocenters. The van der Waals surface area contributed by atoms with Gasteiger partial charge >= 0.3 is 11.9 Å². The number of esters is 2. The molecule has 0 aliphatic carbocycles. The van der Waals surface area contributed by atoms with Crippen LogP contribution in [0.4, 0.5) is 0 Å². The molecule has 0 heterocycles. The van der Waals surface area contributed by atoms with E-state index in [2.05, 4.69) is 38.2 Å². The van der Waals surface area contributed by atoms with Gasteiger partial charge in [-0.15, -0.1) is 0 Å². The number of allylic oxidation sites excluding steroid dienone is 4. The van der Waals surface area contributed by atoms with Crippen LogP contribution in [0.25, 0.3) is 0 Å². The highest BCUT2D eigenvalue weighted by molar-refractivity contribution is 5.70. The fourth-order valence-corrected chi connectivity index (χ4v) is 6.39. The summed E-state index contributed by atoms with van der Waals surface area (Å²) in [5, 5.41) is 11.6. The fourth-order valence-electron chi connectivity index (χ4n) is 6.39. The molecule has 53 heavy (non-hydrogen) atoms. The molecule has 0 saturated heterocycles. The largest absolute Gasteiger partial charge is 0.544 e. The number of nitrogens with zero attached hydrogens (tertiary/aromatic N) is 1. The van der Waals surface area contributed by atoms with E-state index in [0.29, 0.717) is 12.8 Å². The number of quaternary nitrogens is 1. The van der Waals surface area contributed by atoms with Gasteiger partial charge in [-0.3, -0.25) is 9.59 Å². The lowest BCUT2D eigenvalue weighted by Crippen LogP contribution is -2.55. The van der Waals surface area contributed by atoms with Crippen LogP contribution in [0.5, 0.6) is 0 Å². The molecular formula is C45H83NO7. The SMILES string of the molecule is CCCCC/C=C/C/C=C/CCCCCCCCCC(=O)OC(COCCC(C(=O)[O-])[N+](C)(C)C)COC(=O)CCCCCCCCCCCCCC. The van der Waals surface area contributed by atoms with Gasteiger partial charge in [0.2, 0.25) is 0 Å². The number of carbonyl (C=O) groups is 3. The normalized spacial score (nSPS) is 13.2. The third kappa shape index (κ3) is 35.3. The van der Waals surface area contributed by atoms with Gasteiger partial charge in [-0.05, 0) is 44.9 Å². The predicted molar refractivity (Wildman–Crippen MR) is 217 cm³/mol. The molecule has 0 aromatic rings. The number of hydrogen-bond donors (Lipinski definition) is 0. The molecule has 0 N–H and O–H groups in total. The molecule has 8 nitrogen and oxygen atoms in total. The van der Waals surface area contributed by atoms with Gasteiger partial charge in [-0.1, -0.05) is 154 Å². The van der Waals surface area contributed by atoms with Crippen molar-refractivity contribution < 1.29 is 38.2 Å². The lowest BCUT2D eigenvalue weighted by Gasteiger charge is -2.34. The molecule has 0 saturated carbocycles. The van der Waals surface area contributed by atoms with E-state index in [-0.39, 0.29) is 42.7 Å². The zero-order valence-electron chi connectivity index (χ0n) is 35.2. The maximum Gasteiger partial charge on any atom is 0.306 e. The summed E-state index contributed by atoms with van der Waals surface area (Å²) in [4.78, 5) is 36.8. The van der Waals surface area contributed by atoms with Crippen LogP contribution in [0.2, 0.25) is 0 Å². The van der Waals surface area contributed by atoms with Crippen LogP contribution in [0.15, 0.2) is 24.3 Å². The number of rotatable bonds is 39. The molecule has 0 amide bonds. The summed E-state index contributed by atoms with van der Waals surface area (Å²) in [6.07, 6.45) is 39.0. The van der Waals surface area contributed by atoms with Gasteiger partial charge in [-0.25, -0.2) is 0 Å². The van der Waals surface area contributed by atoms with E-state index in [0.717, 1.165) is 51.4 Å². The highest BCUT2D eigenvalue weighted by Crippen LogP contribution is 2.14. The maximum atomic E-state index is 12.7. The van der Waals surface area contributed by atoms with E-state index < -0.39 is 18.1 Å². The van der Waals surface area contributed by atoms with E-state index in [1.165, 1.54) is 109 Å². The van der Waals surface area contributed by atoms with Crippen LogP contribution < -0.4 is 5.11 Å². The molecule has 0 aromatic carbocycles. The number of carboxylic acids is 1. The second kappa shape index (κ2) is 36.8. The summed E-state index contributed by atoms with van der Waals surface area (Å²) >= 11 is 0. The number of likely N-dealkylation sites (N-methyl/N-ethyl adjacent to an activating group) is 1. The van der Waals surface area contributed by atoms with Crippen LogP contribution >= 0.6 is 0 Å². The third-order valence-corrected chi connectivity index (χ3v) is 9.84. The lowest BCUT2D eigenvalue weighted by atomic mass is 10.0. The summed E-state index contributed by atoms with van der Waals surface area (Å²) in [5.74, 6) is -1.74. The van der Waals surface area contributed by atoms with E-state index in [1.54, 1.807) is 21.1 Å². The first-order chi connectivity index (χ1) is 25.6. The number of aliphatic carboxylic acids is 1. The molecule has 2 unspecified atom stereocenters. The molecule has 0 radical (unpaired) electrons. The maximum absolute atomic E-state index is 12.7. The minimum absolute atomic E-state index is 0.0411. The van der Waals surface area contributed by atoms with Gasteiger partial charge in [0.1, 0.15) is 12.6 Å².